The van der Waals surface area contributed by atoms with Crippen molar-refractivity contribution >= 4 is 0 Å². The molecule has 0 fully saturated rings. The van der Waals surface area contributed by atoms with Gasteiger partial charge in [-0.05, 0) is 12.1 Å². The van der Waals surface area contributed by atoms with Crippen molar-refractivity contribution in [3.8, 4) is 0 Å². The van der Waals surface area contributed by atoms with Gasteiger partial charge in [-0.2, -0.15) is 0 Å². The van der Waals surface area contributed by atoms with Crippen LogP contribution < -0.4 is 5.73 Å². The minimum atomic E-state index is 0.0788. The van der Waals surface area contributed by atoms with Gasteiger partial charge in [-0.3, -0.25) is 0 Å². The van der Waals surface area contributed by atoms with Crippen LogP contribution in [0.2, 0.25) is 0 Å². The first-order valence-corrected chi connectivity index (χ1v) is 4.41. The number of nitrogens with two attached hydrogens (primary N) is 1. The molecule has 0 aromatic carbocycles. The third kappa shape index (κ3) is 3.18. The van der Waals surface area contributed by atoms with Crippen molar-refractivity contribution in [3.05, 3.63) is 24.0 Å². The second-order valence-electron chi connectivity index (χ2n) is 2.73. The summed E-state index contributed by atoms with van der Waals surface area (Å²) in [7, 11) is 0. The van der Waals surface area contributed by atoms with Gasteiger partial charge in [0.05, 0.1) is 19.8 Å². The van der Waals surface area contributed by atoms with Crippen LogP contribution >= 0.6 is 0 Å². The molecule has 1 aromatic heterocycles. The summed E-state index contributed by atoms with van der Waals surface area (Å²) in [5.41, 5.74) is 6.63. The zero-order valence-corrected chi connectivity index (χ0v) is 7.65. The fourth-order valence-corrected chi connectivity index (χ4v) is 1.18. The van der Waals surface area contributed by atoms with E-state index in [1.807, 2.05) is 18.3 Å². The molecule has 0 saturated carbocycles. The Morgan fingerprint density at radius 2 is 2.31 bits per heavy atom. The van der Waals surface area contributed by atoms with E-state index in [-0.39, 0.29) is 6.61 Å². The Morgan fingerprint density at radius 1 is 1.46 bits per heavy atom. The molecule has 0 radical (unpaired) electrons. The molecular formula is C9H16N2O2. The average molecular weight is 184 g/mol. The van der Waals surface area contributed by atoms with E-state index in [0.717, 1.165) is 12.2 Å². The van der Waals surface area contributed by atoms with Gasteiger partial charge in [0.1, 0.15) is 0 Å². The lowest BCUT2D eigenvalue weighted by Crippen LogP contribution is -2.11. The number of nitrogens with zero attached hydrogens (tertiary/aromatic N) is 1. The van der Waals surface area contributed by atoms with Gasteiger partial charge in [0, 0.05) is 25.0 Å². The summed E-state index contributed by atoms with van der Waals surface area (Å²) in [6, 6.07) is 3.96. The predicted molar refractivity (Wildman–Crippen MR) is 50.2 cm³/mol. The molecular weight excluding hydrogens is 168 g/mol. The van der Waals surface area contributed by atoms with E-state index in [0.29, 0.717) is 19.8 Å². The number of ether oxygens (including phenoxy) is 1. The predicted octanol–water partition coefficient (Wildman–Crippen LogP) is -0.0443. The van der Waals surface area contributed by atoms with Crippen molar-refractivity contribution in [2.75, 3.05) is 19.8 Å². The zero-order valence-electron chi connectivity index (χ0n) is 7.65. The molecule has 1 rings (SSSR count). The Bertz CT molecular complexity index is 235. The Hall–Kier alpha value is -0.840. The molecule has 0 amide bonds. The van der Waals surface area contributed by atoms with Crippen molar-refractivity contribution in [1.82, 2.24) is 4.57 Å². The molecule has 1 aromatic rings. The zero-order chi connectivity index (χ0) is 9.52. The van der Waals surface area contributed by atoms with Crippen LogP contribution in [0, 0.1) is 0 Å². The van der Waals surface area contributed by atoms with Crippen molar-refractivity contribution < 1.29 is 9.84 Å². The van der Waals surface area contributed by atoms with Gasteiger partial charge in [-0.15, -0.1) is 0 Å². The highest BCUT2D eigenvalue weighted by Crippen LogP contribution is 2.00. The van der Waals surface area contributed by atoms with Crippen molar-refractivity contribution in [2.24, 2.45) is 5.73 Å². The Labute approximate surface area is 77.9 Å². The minimum Gasteiger partial charge on any atom is -0.394 e. The monoisotopic (exact) mass is 184 g/mol. The summed E-state index contributed by atoms with van der Waals surface area (Å²) in [5.74, 6) is 0. The normalized spacial score (nSPS) is 10.6. The lowest BCUT2D eigenvalue weighted by molar-refractivity contribution is 0.0867. The number of rotatable bonds is 6. The molecule has 0 aliphatic heterocycles. The molecule has 4 heteroatoms. The van der Waals surface area contributed by atoms with Crippen LogP contribution in [0.1, 0.15) is 5.69 Å². The number of hydrogen-bond donors (Lipinski definition) is 2. The van der Waals surface area contributed by atoms with Crippen LogP contribution in [-0.4, -0.2) is 29.5 Å². The van der Waals surface area contributed by atoms with E-state index in [1.165, 1.54) is 0 Å². The van der Waals surface area contributed by atoms with E-state index < -0.39 is 0 Å². The van der Waals surface area contributed by atoms with Crippen LogP contribution in [0.3, 0.4) is 0 Å². The van der Waals surface area contributed by atoms with Crippen LogP contribution in [0.15, 0.2) is 18.3 Å². The van der Waals surface area contributed by atoms with Crippen LogP contribution in [0.4, 0.5) is 0 Å². The van der Waals surface area contributed by atoms with E-state index in [4.69, 9.17) is 15.6 Å². The lowest BCUT2D eigenvalue weighted by Gasteiger charge is -2.07. The molecule has 74 valence electrons. The standard InChI is InChI=1S/C9H16N2O2/c10-8-9-2-1-3-11(9)4-6-13-7-5-12/h1-3,12H,4-8,10H2. The molecule has 0 aliphatic carbocycles. The van der Waals surface area contributed by atoms with Gasteiger partial charge >= 0.3 is 0 Å². The van der Waals surface area contributed by atoms with Gasteiger partial charge in [-0.1, -0.05) is 0 Å². The van der Waals surface area contributed by atoms with Gasteiger partial charge in [0.15, 0.2) is 0 Å². The van der Waals surface area contributed by atoms with Crippen LogP contribution in [0.5, 0.6) is 0 Å². The molecule has 13 heavy (non-hydrogen) atoms. The molecule has 0 spiro atoms. The first-order chi connectivity index (χ1) is 6.38. The van der Waals surface area contributed by atoms with Crippen molar-refractivity contribution in [1.29, 1.82) is 0 Å². The summed E-state index contributed by atoms with van der Waals surface area (Å²) >= 11 is 0. The van der Waals surface area contributed by atoms with Crippen LogP contribution in [-0.2, 0) is 17.8 Å². The number of aromatic nitrogens is 1. The smallest absolute Gasteiger partial charge is 0.0698 e. The summed E-state index contributed by atoms with van der Waals surface area (Å²) in [6.07, 6.45) is 1.98. The van der Waals surface area contributed by atoms with Crippen molar-refractivity contribution in [2.45, 2.75) is 13.1 Å². The summed E-state index contributed by atoms with van der Waals surface area (Å²) in [5, 5.41) is 8.47. The highest BCUT2D eigenvalue weighted by Gasteiger charge is 1.97. The number of hydrogen-bond acceptors (Lipinski definition) is 3. The number of aliphatic hydroxyl groups is 1. The third-order valence-electron chi connectivity index (χ3n) is 1.84. The minimum absolute atomic E-state index is 0.0788. The quantitative estimate of drug-likeness (QED) is 0.610. The first kappa shape index (κ1) is 10.2. The van der Waals surface area contributed by atoms with E-state index >= 15 is 0 Å². The number of aliphatic hydroxyl groups excluding tert-OH is 1. The van der Waals surface area contributed by atoms with Crippen LogP contribution in [0.25, 0.3) is 0 Å². The first-order valence-electron chi connectivity index (χ1n) is 4.41. The van der Waals surface area contributed by atoms with E-state index in [9.17, 15) is 0 Å². The maximum Gasteiger partial charge on any atom is 0.0698 e. The maximum atomic E-state index is 8.47. The van der Waals surface area contributed by atoms with E-state index in [1.54, 1.807) is 0 Å². The Kier molecular flexibility index (Phi) is 4.53. The van der Waals surface area contributed by atoms with Gasteiger partial charge < -0.3 is 20.1 Å². The average Bonchev–Trinajstić information content (AvgIpc) is 2.60. The second-order valence-corrected chi connectivity index (χ2v) is 2.73. The molecule has 0 unspecified atom stereocenters. The molecule has 3 N–H and O–H groups in total. The van der Waals surface area contributed by atoms with Crippen molar-refractivity contribution in [3.63, 3.8) is 0 Å². The fourth-order valence-electron chi connectivity index (χ4n) is 1.18. The molecule has 0 aliphatic rings. The molecule has 0 atom stereocenters. The maximum absolute atomic E-state index is 8.47. The highest BCUT2D eigenvalue weighted by molar-refractivity contribution is 5.06. The SMILES string of the molecule is NCc1cccn1CCOCCO. The second kappa shape index (κ2) is 5.75. The topological polar surface area (TPSA) is 60.4 Å². The summed E-state index contributed by atoms with van der Waals surface area (Å²) < 4.78 is 7.20. The molecule has 0 saturated heterocycles. The molecule has 0 bridgehead atoms. The summed E-state index contributed by atoms with van der Waals surface area (Å²) in [4.78, 5) is 0. The van der Waals surface area contributed by atoms with Gasteiger partial charge in [-0.25, -0.2) is 0 Å². The van der Waals surface area contributed by atoms with Gasteiger partial charge in [0.25, 0.3) is 0 Å². The van der Waals surface area contributed by atoms with Gasteiger partial charge in [0.2, 0.25) is 0 Å². The Morgan fingerprint density at radius 3 is 3.00 bits per heavy atom. The largest absolute Gasteiger partial charge is 0.394 e. The third-order valence-corrected chi connectivity index (χ3v) is 1.84. The molecule has 1 heterocycles. The lowest BCUT2D eigenvalue weighted by atomic mass is 10.4. The van der Waals surface area contributed by atoms with E-state index in [2.05, 4.69) is 4.57 Å². The Balaban J connectivity index is 2.27. The summed E-state index contributed by atoms with van der Waals surface area (Å²) in [6.45, 7) is 2.43. The fraction of sp³-hybridized carbons (Fsp3) is 0.556. The highest BCUT2D eigenvalue weighted by atomic mass is 16.5. The molecule has 4 nitrogen and oxygen atoms in total.